The monoisotopic (exact) mass is 274 g/mol. The number of nitrogens with one attached hydrogen (secondary N) is 2. The van der Waals surface area contributed by atoms with E-state index in [0.29, 0.717) is 12.2 Å². The smallest absolute Gasteiger partial charge is 0.212 e. The van der Waals surface area contributed by atoms with Gasteiger partial charge in [-0.2, -0.15) is 0 Å². The molecule has 104 valence electrons. The molecule has 0 atom stereocenters. The summed E-state index contributed by atoms with van der Waals surface area (Å²) in [5.41, 5.74) is 0. The van der Waals surface area contributed by atoms with Gasteiger partial charge in [0.1, 0.15) is 5.82 Å². The van der Waals surface area contributed by atoms with Gasteiger partial charge in [-0.15, -0.1) is 0 Å². The molecule has 0 fully saturated rings. The maximum atomic E-state index is 11.7. The third-order valence-electron chi connectivity index (χ3n) is 2.64. The summed E-state index contributed by atoms with van der Waals surface area (Å²) in [6.07, 6.45) is 4.99. The van der Waals surface area contributed by atoms with Crippen LogP contribution in [0.3, 0.4) is 0 Å². The molecule has 0 unspecified atom stereocenters. The summed E-state index contributed by atoms with van der Waals surface area (Å²) in [7, 11) is -1.35. The molecule has 7 heteroatoms. The first kappa shape index (κ1) is 15.1. The summed E-state index contributed by atoms with van der Waals surface area (Å²) in [4.78, 5) is 4.07. The van der Waals surface area contributed by atoms with Gasteiger partial charge >= 0.3 is 0 Å². The highest BCUT2D eigenvalue weighted by atomic mass is 32.2. The molecule has 1 rings (SSSR count). The van der Waals surface area contributed by atoms with Crippen LogP contribution in [0.25, 0.3) is 0 Å². The SMILES string of the molecule is CCNCCCCS(=O)(=O)NCc1nccn1C. The van der Waals surface area contributed by atoms with Crippen molar-refractivity contribution >= 4 is 10.0 Å². The molecule has 18 heavy (non-hydrogen) atoms. The summed E-state index contributed by atoms with van der Waals surface area (Å²) in [6, 6.07) is 0. The number of hydrogen-bond donors (Lipinski definition) is 2. The Bertz CT molecular complexity index is 442. The van der Waals surface area contributed by atoms with Crippen LogP contribution in [0.1, 0.15) is 25.6 Å². The van der Waals surface area contributed by atoms with E-state index in [2.05, 4.69) is 15.0 Å². The molecule has 0 aliphatic rings. The first-order valence-corrected chi connectivity index (χ1v) is 7.84. The van der Waals surface area contributed by atoms with Crippen LogP contribution in [0.2, 0.25) is 0 Å². The molecule has 0 amide bonds. The lowest BCUT2D eigenvalue weighted by atomic mass is 10.3. The van der Waals surface area contributed by atoms with E-state index in [1.165, 1.54) is 0 Å². The van der Waals surface area contributed by atoms with Crippen LogP contribution < -0.4 is 10.0 Å². The summed E-state index contributed by atoms with van der Waals surface area (Å²) >= 11 is 0. The third-order valence-corrected chi connectivity index (χ3v) is 4.05. The van der Waals surface area contributed by atoms with Crippen LogP contribution in [0.15, 0.2) is 12.4 Å². The minimum absolute atomic E-state index is 0.169. The Kier molecular flexibility index (Phi) is 6.31. The van der Waals surface area contributed by atoms with Crippen molar-refractivity contribution in [3.05, 3.63) is 18.2 Å². The number of nitrogens with zero attached hydrogens (tertiary/aromatic N) is 2. The van der Waals surface area contributed by atoms with Gasteiger partial charge in [0.25, 0.3) is 0 Å². The number of aryl methyl sites for hydroxylation is 1. The van der Waals surface area contributed by atoms with E-state index in [9.17, 15) is 8.42 Å². The lowest BCUT2D eigenvalue weighted by Gasteiger charge is -2.07. The topological polar surface area (TPSA) is 76.0 Å². The fourth-order valence-corrected chi connectivity index (χ4v) is 2.61. The van der Waals surface area contributed by atoms with E-state index in [-0.39, 0.29) is 12.3 Å². The standard InChI is InChI=1S/C11H22N4O2S/c1-3-12-6-4-5-9-18(16,17)14-10-11-13-7-8-15(11)2/h7-8,12,14H,3-6,9-10H2,1-2H3. The zero-order chi connectivity index (χ0) is 13.4. The normalized spacial score (nSPS) is 11.9. The highest BCUT2D eigenvalue weighted by Gasteiger charge is 2.10. The Labute approximate surface area is 109 Å². The average molecular weight is 274 g/mol. The zero-order valence-electron chi connectivity index (χ0n) is 11.0. The van der Waals surface area contributed by atoms with Gasteiger partial charge in [0.05, 0.1) is 12.3 Å². The van der Waals surface area contributed by atoms with Gasteiger partial charge in [-0.3, -0.25) is 0 Å². The molecule has 2 N–H and O–H groups in total. The van der Waals surface area contributed by atoms with Crippen LogP contribution in [-0.2, 0) is 23.6 Å². The maximum absolute atomic E-state index is 11.7. The number of unbranched alkanes of at least 4 members (excludes halogenated alkanes) is 1. The molecule has 0 saturated carbocycles. The Hall–Kier alpha value is -0.920. The van der Waals surface area contributed by atoms with Gasteiger partial charge in [-0.25, -0.2) is 18.1 Å². The Morgan fingerprint density at radius 1 is 1.39 bits per heavy atom. The molecule has 1 aromatic rings. The van der Waals surface area contributed by atoms with Gasteiger partial charge in [-0.1, -0.05) is 6.92 Å². The highest BCUT2D eigenvalue weighted by molar-refractivity contribution is 7.89. The van der Waals surface area contributed by atoms with Gasteiger partial charge in [0.2, 0.25) is 10.0 Å². The van der Waals surface area contributed by atoms with Gasteiger partial charge in [-0.05, 0) is 25.9 Å². The minimum atomic E-state index is -3.19. The number of imidazole rings is 1. The summed E-state index contributed by atoms with van der Waals surface area (Å²) < 4.78 is 27.8. The fourth-order valence-electron chi connectivity index (χ4n) is 1.53. The highest BCUT2D eigenvalue weighted by Crippen LogP contribution is 1.98. The minimum Gasteiger partial charge on any atom is -0.337 e. The molecule has 6 nitrogen and oxygen atoms in total. The zero-order valence-corrected chi connectivity index (χ0v) is 11.8. The van der Waals surface area contributed by atoms with Crippen molar-refractivity contribution in [2.45, 2.75) is 26.3 Å². The first-order chi connectivity index (χ1) is 8.55. The van der Waals surface area contributed by atoms with Gasteiger partial charge < -0.3 is 9.88 Å². The van der Waals surface area contributed by atoms with Crippen molar-refractivity contribution in [3.63, 3.8) is 0 Å². The lowest BCUT2D eigenvalue weighted by Crippen LogP contribution is -2.27. The number of sulfonamides is 1. The van der Waals surface area contributed by atoms with Crippen molar-refractivity contribution in [2.75, 3.05) is 18.8 Å². The van der Waals surface area contributed by atoms with Crippen LogP contribution in [-0.4, -0.2) is 36.8 Å². The Morgan fingerprint density at radius 2 is 2.17 bits per heavy atom. The first-order valence-electron chi connectivity index (χ1n) is 6.19. The summed E-state index contributed by atoms with van der Waals surface area (Å²) in [5.74, 6) is 0.884. The van der Waals surface area contributed by atoms with Crippen LogP contribution in [0, 0.1) is 0 Å². The molecule has 0 spiro atoms. The molecular formula is C11H22N4O2S. The lowest BCUT2D eigenvalue weighted by molar-refractivity contribution is 0.571. The maximum Gasteiger partial charge on any atom is 0.212 e. The molecule has 0 aromatic carbocycles. The van der Waals surface area contributed by atoms with Crippen molar-refractivity contribution in [1.82, 2.24) is 19.6 Å². The molecular weight excluding hydrogens is 252 g/mol. The predicted molar refractivity (Wildman–Crippen MR) is 71.6 cm³/mol. The van der Waals surface area contributed by atoms with E-state index in [4.69, 9.17) is 0 Å². The van der Waals surface area contributed by atoms with Crippen molar-refractivity contribution in [1.29, 1.82) is 0 Å². The van der Waals surface area contributed by atoms with Crippen molar-refractivity contribution in [2.24, 2.45) is 7.05 Å². The van der Waals surface area contributed by atoms with E-state index in [0.717, 1.165) is 19.5 Å². The number of rotatable bonds is 9. The average Bonchev–Trinajstić information content (AvgIpc) is 2.72. The van der Waals surface area contributed by atoms with Crippen LogP contribution in [0.5, 0.6) is 0 Å². The molecule has 0 bridgehead atoms. The summed E-state index contributed by atoms with van der Waals surface area (Å²) in [5, 5.41) is 3.17. The molecule has 0 aliphatic carbocycles. The third kappa shape index (κ3) is 5.61. The molecule has 0 radical (unpaired) electrons. The van der Waals surface area contributed by atoms with Crippen LogP contribution >= 0.6 is 0 Å². The van der Waals surface area contributed by atoms with Crippen molar-refractivity contribution in [3.8, 4) is 0 Å². The Balaban J connectivity index is 2.25. The molecule has 1 aromatic heterocycles. The molecule has 0 aliphatic heterocycles. The number of aromatic nitrogens is 2. The van der Waals surface area contributed by atoms with E-state index in [1.807, 2.05) is 14.0 Å². The molecule has 0 saturated heterocycles. The number of hydrogen-bond acceptors (Lipinski definition) is 4. The summed E-state index contributed by atoms with van der Waals surface area (Å²) in [6.45, 7) is 4.07. The van der Waals surface area contributed by atoms with Crippen LogP contribution in [0.4, 0.5) is 0 Å². The quantitative estimate of drug-likeness (QED) is 0.632. The van der Waals surface area contributed by atoms with E-state index < -0.39 is 10.0 Å². The molecule has 1 heterocycles. The predicted octanol–water partition coefficient (Wildman–Crippen LogP) is 0.229. The second-order valence-electron chi connectivity index (χ2n) is 4.16. The van der Waals surface area contributed by atoms with Gasteiger partial charge in [0, 0.05) is 19.4 Å². The fraction of sp³-hybridized carbons (Fsp3) is 0.727. The van der Waals surface area contributed by atoms with Gasteiger partial charge in [0.15, 0.2) is 0 Å². The Morgan fingerprint density at radius 3 is 2.78 bits per heavy atom. The largest absolute Gasteiger partial charge is 0.337 e. The van der Waals surface area contributed by atoms with E-state index in [1.54, 1.807) is 17.0 Å². The van der Waals surface area contributed by atoms with Crippen molar-refractivity contribution < 1.29 is 8.42 Å². The second kappa shape index (κ2) is 7.50. The second-order valence-corrected chi connectivity index (χ2v) is 6.08. The van der Waals surface area contributed by atoms with E-state index >= 15 is 0 Å².